The van der Waals surface area contributed by atoms with Crippen LogP contribution in [0.5, 0.6) is 0 Å². The molecule has 1 atom stereocenters. The van der Waals surface area contributed by atoms with Crippen LogP contribution >= 0.6 is 11.3 Å². The minimum atomic E-state index is -1.14. The Morgan fingerprint density at radius 2 is 1.96 bits per heavy atom. The number of thiazole rings is 1. The summed E-state index contributed by atoms with van der Waals surface area (Å²) in [5.41, 5.74) is 1.86. The van der Waals surface area contributed by atoms with Crippen molar-refractivity contribution in [1.82, 2.24) is 19.9 Å². The second-order valence-electron chi connectivity index (χ2n) is 7.05. The Labute approximate surface area is 150 Å². The van der Waals surface area contributed by atoms with Crippen LogP contribution in [0.15, 0.2) is 42.4 Å². The first kappa shape index (κ1) is 16.1. The van der Waals surface area contributed by atoms with E-state index < -0.39 is 5.60 Å². The Kier molecular flexibility index (Phi) is 3.59. The topological polar surface area (TPSA) is 75.0 Å². The highest BCUT2D eigenvalue weighted by Gasteiger charge is 2.39. The average molecular weight is 353 g/mol. The van der Waals surface area contributed by atoms with Crippen LogP contribution in [0.2, 0.25) is 0 Å². The predicted molar refractivity (Wildman–Crippen MR) is 97.1 cm³/mol. The van der Waals surface area contributed by atoms with Crippen molar-refractivity contribution in [1.29, 1.82) is 0 Å². The minimum absolute atomic E-state index is 0.0342. The average Bonchev–Trinajstić information content (AvgIpc) is 3.23. The molecule has 2 aromatic heterocycles. The first-order chi connectivity index (χ1) is 11.9. The second kappa shape index (κ2) is 5.57. The summed E-state index contributed by atoms with van der Waals surface area (Å²) in [5, 5.41) is 13.6. The number of hydrogen-bond donors (Lipinski definition) is 1. The summed E-state index contributed by atoms with van der Waals surface area (Å²) >= 11 is 1.45. The maximum absolute atomic E-state index is 11.1. The zero-order chi connectivity index (χ0) is 17.7. The van der Waals surface area contributed by atoms with E-state index in [4.69, 9.17) is 0 Å². The summed E-state index contributed by atoms with van der Waals surface area (Å²) in [4.78, 5) is 18.9. The third-order valence-corrected chi connectivity index (χ3v) is 5.69. The molecule has 3 aromatic rings. The highest BCUT2D eigenvalue weighted by atomic mass is 32.1. The summed E-state index contributed by atoms with van der Waals surface area (Å²) in [6.45, 7) is 6.95. The van der Waals surface area contributed by atoms with Crippen molar-refractivity contribution >= 4 is 23.0 Å². The third kappa shape index (κ3) is 2.60. The van der Waals surface area contributed by atoms with Gasteiger partial charge in [0.05, 0.1) is 0 Å². The van der Waals surface area contributed by atoms with Crippen LogP contribution in [0.3, 0.4) is 0 Å². The number of hydrogen-bond acceptors (Lipinski definition) is 7. The number of nitrogens with zero attached hydrogens (tertiary/aromatic N) is 5. The van der Waals surface area contributed by atoms with Crippen molar-refractivity contribution in [3.8, 4) is 0 Å². The molecule has 0 saturated carbocycles. The molecule has 6 nitrogen and oxygen atoms in total. The summed E-state index contributed by atoms with van der Waals surface area (Å²) in [5.74, 6) is 0.618. The first-order valence-electron chi connectivity index (χ1n) is 8.06. The van der Waals surface area contributed by atoms with Gasteiger partial charge in [0.25, 0.3) is 0 Å². The molecule has 7 heteroatoms. The lowest BCUT2D eigenvalue weighted by molar-refractivity contribution is 0.102. The summed E-state index contributed by atoms with van der Waals surface area (Å²) in [6.07, 6.45) is 4.72. The van der Waals surface area contributed by atoms with Crippen LogP contribution < -0.4 is 4.90 Å². The third-order valence-electron chi connectivity index (χ3n) is 4.70. The highest BCUT2D eigenvalue weighted by molar-refractivity contribution is 7.09. The second-order valence-corrected chi connectivity index (χ2v) is 7.94. The lowest BCUT2D eigenvalue weighted by Gasteiger charge is -2.24. The SMILES string of the molecule is CC1(C)CN(c2ncncn2)c2cc(C(C)(O)c3nccs3)ccc21. The molecule has 128 valence electrons. The van der Waals surface area contributed by atoms with Gasteiger partial charge in [-0.1, -0.05) is 26.0 Å². The fraction of sp³-hybridized carbons (Fsp3) is 0.333. The van der Waals surface area contributed by atoms with E-state index in [1.807, 2.05) is 17.5 Å². The van der Waals surface area contributed by atoms with Crippen molar-refractivity contribution in [3.05, 3.63) is 58.6 Å². The number of aliphatic hydroxyl groups is 1. The van der Waals surface area contributed by atoms with E-state index in [-0.39, 0.29) is 5.41 Å². The summed E-state index contributed by atoms with van der Waals surface area (Å²) in [7, 11) is 0. The molecule has 0 amide bonds. The molecule has 25 heavy (non-hydrogen) atoms. The van der Waals surface area contributed by atoms with Gasteiger partial charge < -0.3 is 10.0 Å². The van der Waals surface area contributed by atoms with E-state index in [9.17, 15) is 5.11 Å². The lowest BCUT2D eigenvalue weighted by atomic mass is 9.85. The van der Waals surface area contributed by atoms with Crippen LogP contribution in [-0.2, 0) is 11.0 Å². The molecule has 1 aromatic carbocycles. The van der Waals surface area contributed by atoms with E-state index >= 15 is 0 Å². The van der Waals surface area contributed by atoms with Crippen molar-refractivity contribution < 1.29 is 5.11 Å². The Morgan fingerprint density at radius 1 is 1.20 bits per heavy atom. The van der Waals surface area contributed by atoms with Crippen LogP contribution in [0.4, 0.5) is 11.6 Å². The molecule has 1 unspecified atom stereocenters. The molecule has 4 rings (SSSR count). The summed E-state index contributed by atoms with van der Waals surface area (Å²) < 4.78 is 0. The van der Waals surface area contributed by atoms with Crippen molar-refractivity contribution in [2.24, 2.45) is 0 Å². The lowest BCUT2D eigenvalue weighted by Crippen LogP contribution is -2.26. The van der Waals surface area contributed by atoms with Crippen molar-refractivity contribution in [3.63, 3.8) is 0 Å². The van der Waals surface area contributed by atoms with Crippen LogP contribution in [0.1, 0.15) is 36.9 Å². The smallest absolute Gasteiger partial charge is 0.232 e. The normalized spacial score (nSPS) is 18.0. The van der Waals surface area contributed by atoms with E-state index in [0.717, 1.165) is 17.8 Å². The van der Waals surface area contributed by atoms with E-state index in [2.05, 4.69) is 44.7 Å². The van der Waals surface area contributed by atoms with Gasteiger partial charge >= 0.3 is 0 Å². The van der Waals surface area contributed by atoms with Crippen LogP contribution in [-0.4, -0.2) is 31.6 Å². The molecule has 0 bridgehead atoms. The van der Waals surface area contributed by atoms with Crippen LogP contribution in [0, 0.1) is 0 Å². The molecule has 3 heterocycles. The van der Waals surface area contributed by atoms with Gasteiger partial charge in [0.2, 0.25) is 5.95 Å². The summed E-state index contributed by atoms with van der Waals surface area (Å²) in [6, 6.07) is 6.10. The number of aromatic nitrogens is 4. The molecule has 1 N–H and O–H groups in total. The molecule has 1 aliphatic rings. The quantitative estimate of drug-likeness (QED) is 0.780. The maximum Gasteiger partial charge on any atom is 0.232 e. The van der Waals surface area contributed by atoms with Gasteiger partial charge in [-0.25, -0.2) is 19.9 Å². The molecule has 1 aliphatic heterocycles. The number of benzene rings is 1. The van der Waals surface area contributed by atoms with Gasteiger partial charge in [-0.15, -0.1) is 11.3 Å². The molecule has 0 saturated heterocycles. The molecule has 0 spiro atoms. The van der Waals surface area contributed by atoms with Gasteiger partial charge in [0.15, 0.2) is 0 Å². The van der Waals surface area contributed by atoms with E-state index in [0.29, 0.717) is 11.0 Å². The maximum atomic E-state index is 11.1. The van der Waals surface area contributed by atoms with E-state index in [1.165, 1.54) is 29.6 Å². The fourth-order valence-corrected chi connectivity index (χ4v) is 4.05. The minimum Gasteiger partial charge on any atom is -0.378 e. The fourth-order valence-electron chi connectivity index (χ4n) is 3.33. The zero-order valence-electron chi connectivity index (χ0n) is 14.3. The number of rotatable bonds is 3. The van der Waals surface area contributed by atoms with Crippen molar-refractivity contribution in [2.45, 2.75) is 31.8 Å². The highest BCUT2D eigenvalue weighted by Crippen LogP contribution is 2.45. The van der Waals surface area contributed by atoms with Gasteiger partial charge in [-0.3, -0.25) is 0 Å². The molecule has 0 fully saturated rings. The standard InChI is InChI=1S/C18H19N5OS/c1-17(2)9-23(16-21-10-19-11-22-16)14-8-12(4-5-13(14)17)18(3,24)15-20-6-7-25-15/h4-8,10-11,24H,9H2,1-3H3. The Balaban J connectivity index is 1.83. The monoisotopic (exact) mass is 353 g/mol. The number of fused-ring (bicyclic) bond motifs is 1. The molecular formula is C18H19N5OS. The van der Waals surface area contributed by atoms with Gasteiger partial charge in [0.1, 0.15) is 23.3 Å². The van der Waals surface area contributed by atoms with Gasteiger partial charge in [0, 0.05) is 29.2 Å². The first-order valence-corrected chi connectivity index (χ1v) is 8.94. The molecular weight excluding hydrogens is 334 g/mol. The molecule has 0 aliphatic carbocycles. The predicted octanol–water partition coefficient (Wildman–Crippen LogP) is 3.01. The van der Waals surface area contributed by atoms with Crippen molar-refractivity contribution in [2.75, 3.05) is 11.4 Å². The largest absolute Gasteiger partial charge is 0.378 e. The Morgan fingerprint density at radius 3 is 2.64 bits per heavy atom. The Bertz CT molecular complexity index is 893. The number of anilines is 2. The van der Waals surface area contributed by atoms with Gasteiger partial charge in [-0.2, -0.15) is 0 Å². The van der Waals surface area contributed by atoms with E-state index in [1.54, 1.807) is 13.1 Å². The zero-order valence-corrected chi connectivity index (χ0v) is 15.2. The molecule has 0 radical (unpaired) electrons. The van der Waals surface area contributed by atoms with Crippen LogP contribution in [0.25, 0.3) is 0 Å². The van der Waals surface area contributed by atoms with Gasteiger partial charge in [-0.05, 0) is 24.1 Å². The Hall–Kier alpha value is -2.38.